The molecule has 0 radical (unpaired) electrons. The second kappa shape index (κ2) is 3.70. The number of sulfone groups is 1. The van der Waals surface area contributed by atoms with E-state index in [1.54, 1.807) is 0 Å². The van der Waals surface area contributed by atoms with Gasteiger partial charge < -0.3 is 10.8 Å². The van der Waals surface area contributed by atoms with Gasteiger partial charge in [-0.05, 0) is 6.42 Å². The second-order valence-electron chi connectivity index (χ2n) is 3.67. The minimum absolute atomic E-state index is 0.0407. The largest absolute Gasteiger partial charge is 0.476 e. The van der Waals surface area contributed by atoms with Crippen molar-refractivity contribution in [2.24, 2.45) is 0 Å². The number of rotatable bonds is 2. The van der Waals surface area contributed by atoms with Gasteiger partial charge in [0.25, 0.3) is 0 Å². The van der Waals surface area contributed by atoms with Gasteiger partial charge in [-0.25, -0.2) is 18.2 Å². The highest BCUT2D eigenvalue weighted by Gasteiger charge is 2.32. The maximum absolute atomic E-state index is 11.3. The van der Waals surface area contributed by atoms with Crippen LogP contribution < -0.4 is 5.73 Å². The van der Waals surface area contributed by atoms with Crippen LogP contribution in [-0.4, -0.2) is 36.0 Å². The number of nitrogens with two attached hydrogens (primary N) is 1. The lowest BCUT2D eigenvalue weighted by molar-refractivity contribution is 0.0692. The number of carbonyl (C=O) groups is 1. The Morgan fingerprint density at radius 2 is 2.25 bits per heavy atom. The van der Waals surface area contributed by atoms with Crippen molar-refractivity contribution in [2.45, 2.75) is 12.3 Å². The van der Waals surface area contributed by atoms with E-state index >= 15 is 0 Å². The Labute approximate surface area is 96.0 Å². The molecule has 2 rings (SSSR count). The third kappa shape index (κ3) is 2.03. The van der Waals surface area contributed by atoms with Gasteiger partial charge in [0, 0.05) is 5.92 Å². The minimum atomic E-state index is -2.99. The van der Waals surface area contributed by atoms with Crippen LogP contribution in [0.2, 0.25) is 0 Å². The number of thiazole rings is 1. The summed E-state index contributed by atoms with van der Waals surface area (Å²) in [6.07, 6.45) is 0.494. The summed E-state index contributed by atoms with van der Waals surface area (Å²) in [5, 5.41) is 9.41. The fraction of sp³-hybridized carbons (Fsp3) is 0.500. The molecule has 1 atom stereocenters. The maximum atomic E-state index is 11.3. The van der Waals surface area contributed by atoms with Crippen LogP contribution in [0.1, 0.15) is 27.8 Å². The summed E-state index contributed by atoms with van der Waals surface area (Å²) in [6.45, 7) is 0. The molecule has 8 heteroatoms. The summed E-state index contributed by atoms with van der Waals surface area (Å²) >= 11 is 1.06. The number of aromatic carboxylic acids is 1. The first-order valence-electron chi connectivity index (χ1n) is 4.59. The highest BCUT2D eigenvalue weighted by Crippen LogP contribution is 2.34. The van der Waals surface area contributed by atoms with Crippen LogP contribution in [0.25, 0.3) is 0 Å². The molecular formula is C8H10N2O4S2. The molecule has 1 aromatic heterocycles. The fourth-order valence-electron chi connectivity index (χ4n) is 1.67. The summed E-state index contributed by atoms with van der Waals surface area (Å²) in [5.41, 5.74) is 5.33. The van der Waals surface area contributed by atoms with Gasteiger partial charge in [-0.3, -0.25) is 0 Å². The number of aromatic nitrogens is 1. The van der Waals surface area contributed by atoms with E-state index in [0.29, 0.717) is 11.4 Å². The summed E-state index contributed by atoms with van der Waals surface area (Å²) in [5.74, 6) is -1.20. The summed E-state index contributed by atoms with van der Waals surface area (Å²) < 4.78 is 22.5. The zero-order chi connectivity index (χ0) is 11.9. The fourth-order valence-corrected chi connectivity index (χ4v) is 4.48. The first-order valence-corrected chi connectivity index (χ1v) is 7.23. The van der Waals surface area contributed by atoms with Crippen molar-refractivity contribution in [2.75, 3.05) is 17.2 Å². The van der Waals surface area contributed by atoms with Crippen LogP contribution in [0, 0.1) is 0 Å². The van der Waals surface area contributed by atoms with Gasteiger partial charge in [0.15, 0.2) is 15.5 Å². The molecule has 3 N–H and O–H groups in total. The van der Waals surface area contributed by atoms with Crippen molar-refractivity contribution in [3.8, 4) is 0 Å². The van der Waals surface area contributed by atoms with Gasteiger partial charge >= 0.3 is 5.97 Å². The smallest absolute Gasteiger partial charge is 0.357 e. The zero-order valence-electron chi connectivity index (χ0n) is 8.21. The summed E-state index contributed by atoms with van der Waals surface area (Å²) in [4.78, 5) is 14.6. The lowest BCUT2D eigenvalue weighted by atomic mass is 10.1. The highest BCUT2D eigenvalue weighted by molar-refractivity contribution is 7.91. The van der Waals surface area contributed by atoms with Gasteiger partial charge in [-0.2, -0.15) is 0 Å². The third-order valence-electron chi connectivity index (χ3n) is 2.45. The van der Waals surface area contributed by atoms with E-state index in [1.807, 2.05) is 0 Å². The van der Waals surface area contributed by atoms with Gasteiger partial charge in [0.1, 0.15) is 5.00 Å². The van der Waals surface area contributed by atoms with Gasteiger partial charge in [-0.1, -0.05) is 0 Å². The number of nitrogens with zero attached hydrogens (tertiary/aromatic N) is 1. The molecule has 0 saturated carbocycles. The van der Waals surface area contributed by atoms with E-state index in [1.165, 1.54) is 0 Å². The van der Waals surface area contributed by atoms with E-state index < -0.39 is 15.8 Å². The molecule has 1 unspecified atom stereocenters. The van der Waals surface area contributed by atoms with Crippen LogP contribution in [0.5, 0.6) is 0 Å². The van der Waals surface area contributed by atoms with Gasteiger partial charge in [0.05, 0.1) is 16.5 Å². The molecular weight excluding hydrogens is 252 g/mol. The van der Waals surface area contributed by atoms with Crippen LogP contribution in [0.4, 0.5) is 5.00 Å². The van der Waals surface area contributed by atoms with Gasteiger partial charge in [0.2, 0.25) is 0 Å². The molecule has 0 bridgehead atoms. The van der Waals surface area contributed by atoms with Crippen molar-refractivity contribution in [1.29, 1.82) is 0 Å². The van der Waals surface area contributed by atoms with Gasteiger partial charge in [-0.15, -0.1) is 11.3 Å². The number of anilines is 1. The summed E-state index contributed by atoms with van der Waals surface area (Å²) in [6, 6.07) is 0. The predicted octanol–water partition coefficient (Wildman–Crippen LogP) is 0.326. The lowest BCUT2D eigenvalue weighted by Gasteiger charge is -2.00. The predicted molar refractivity (Wildman–Crippen MR) is 59.5 cm³/mol. The number of hydrogen-bond donors (Lipinski definition) is 2. The Kier molecular flexibility index (Phi) is 2.62. The van der Waals surface area contributed by atoms with E-state index in [2.05, 4.69) is 4.98 Å². The van der Waals surface area contributed by atoms with E-state index in [0.717, 1.165) is 11.3 Å². The molecule has 1 aliphatic heterocycles. The molecule has 1 saturated heterocycles. The topological polar surface area (TPSA) is 110 Å². The molecule has 16 heavy (non-hydrogen) atoms. The number of carboxylic acid groups (broad SMARTS) is 1. The first kappa shape index (κ1) is 11.3. The molecule has 0 amide bonds. The standard InChI is InChI=1S/C8H10N2O4S2/c9-6-5(8(11)12)10-7(15-6)4-1-2-16(13,14)3-4/h4H,1-3,9H2,(H,11,12). The number of hydrogen-bond acceptors (Lipinski definition) is 6. The highest BCUT2D eigenvalue weighted by atomic mass is 32.2. The van der Waals surface area contributed by atoms with Crippen molar-refractivity contribution < 1.29 is 18.3 Å². The lowest BCUT2D eigenvalue weighted by Crippen LogP contribution is -2.04. The molecule has 6 nitrogen and oxygen atoms in total. The van der Waals surface area contributed by atoms with Crippen LogP contribution in [0.3, 0.4) is 0 Å². The molecule has 88 valence electrons. The zero-order valence-corrected chi connectivity index (χ0v) is 9.84. The SMILES string of the molecule is Nc1sc(C2CCS(=O)(=O)C2)nc1C(=O)O. The molecule has 1 aliphatic rings. The van der Waals surface area contributed by atoms with Crippen molar-refractivity contribution in [3.05, 3.63) is 10.7 Å². The van der Waals surface area contributed by atoms with E-state index in [4.69, 9.17) is 10.8 Å². The Morgan fingerprint density at radius 3 is 2.69 bits per heavy atom. The monoisotopic (exact) mass is 262 g/mol. The normalized spacial score (nSPS) is 23.4. The van der Waals surface area contributed by atoms with E-state index in [9.17, 15) is 13.2 Å². The first-order chi connectivity index (χ1) is 7.39. The van der Waals surface area contributed by atoms with E-state index in [-0.39, 0.29) is 28.1 Å². The molecule has 0 aromatic carbocycles. The van der Waals surface area contributed by atoms with Crippen molar-refractivity contribution in [1.82, 2.24) is 4.98 Å². The van der Waals surface area contributed by atoms with Crippen LogP contribution in [-0.2, 0) is 9.84 Å². The Morgan fingerprint density at radius 1 is 1.56 bits per heavy atom. The molecule has 0 spiro atoms. The van der Waals surface area contributed by atoms with Crippen LogP contribution in [0.15, 0.2) is 0 Å². The van der Waals surface area contributed by atoms with Crippen molar-refractivity contribution >= 4 is 32.1 Å². The molecule has 2 heterocycles. The van der Waals surface area contributed by atoms with Crippen LogP contribution >= 0.6 is 11.3 Å². The number of carboxylic acids is 1. The quantitative estimate of drug-likeness (QED) is 0.794. The average Bonchev–Trinajstić information content (AvgIpc) is 2.69. The van der Waals surface area contributed by atoms with Crippen molar-refractivity contribution in [3.63, 3.8) is 0 Å². The third-order valence-corrected chi connectivity index (χ3v) is 5.27. The molecule has 1 fully saturated rings. The summed E-state index contributed by atoms with van der Waals surface area (Å²) in [7, 11) is -2.99. The Hall–Kier alpha value is -1.15. The Balaban J connectivity index is 2.30. The molecule has 1 aromatic rings. The molecule has 0 aliphatic carbocycles. The average molecular weight is 262 g/mol. The minimum Gasteiger partial charge on any atom is -0.476 e. The second-order valence-corrected chi connectivity index (χ2v) is 6.96. The number of nitrogen functional groups attached to an aromatic ring is 1. The Bertz CT molecular complexity index is 534. The maximum Gasteiger partial charge on any atom is 0.357 e.